The molecule has 4 amide bonds. The Balaban J connectivity index is 1.08. The van der Waals surface area contributed by atoms with Gasteiger partial charge >= 0.3 is 0 Å². The van der Waals surface area contributed by atoms with E-state index in [4.69, 9.17) is 9.47 Å². The number of benzene rings is 6. The molecular weight excluding hydrogens is 652 g/mol. The third-order valence-corrected chi connectivity index (χ3v) is 9.72. The van der Waals surface area contributed by atoms with Gasteiger partial charge in [-0.05, 0) is 90.2 Å². The molecule has 254 valence electrons. The van der Waals surface area contributed by atoms with Crippen molar-refractivity contribution in [2.24, 2.45) is 0 Å². The van der Waals surface area contributed by atoms with Crippen molar-refractivity contribution in [2.45, 2.75) is 13.8 Å². The summed E-state index contributed by atoms with van der Waals surface area (Å²) in [5.74, 6) is -0.982. The van der Waals surface area contributed by atoms with E-state index in [0.717, 1.165) is 43.2 Å². The van der Waals surface area contributed by atoms with Gasteiger partial charge in [-0.1, -0.05) is 77.9 Å². The quantitative estimate of drug-likeness (QED) is 0.156. The van der Waals surface area contributed by atoms with E-state index in [9.17, 15) is 19.2 Å². The van der Waals surface area contributed by atoms with E-state index in [1.54, 1.807) is 60.7 Å². The molecule has 0 N–H and O–H groups in total. The number of nitrogens with zero attached hydrogens (tertiary/aromatic N) is 2. The van der Waals surface area contributed by atoms with Crippen molar-refractivity contribution < 1.29 is 28.7 Å². The van der Waals surface area contributed by atoms with Crippen molar-refractivity contribution in [3.63, 3.8) is 0 Å². The van der Waals surface area contributed by atoms with Crippen molar-refractivity contribution >= 4 is 35.0 Å². The maximum absolute atomic E-state index is 13.7. The number of ether oxygens (including phenoxy) is 2. The second kappa shape index (κ2) is 12.5. The molecule has 2 aliphatic rings. The molecule has 0 bridgehead atoms. The van der Waals surface area contributed by atoms with Gasteiger partial charge in [-0.25, -0.2) is 9.80 Å². The van der Waals surface area contributed by atoms with Gasteiger partial charge in [0.05, 0.1) is 47.8 Å². The summed E-state index contributed by atoms with van der Waals surface area (Å²) in [6.45, 7) is 4.02. The smallest absolute Gasteiger partial charge is 0.266 e. The SMILES string of the molecule is COc1cc(N2C(=O)c3ccc(-c4ccc(C)cc4)cc3C2=O)ccc1-c1ccc(N2C(=O)c3ccc(-c4ccc(C)cc4)cc3C2=O)c(OC)c1. The number of methoxy groups -OCH3 is 2. The van der Waals surface area contributed by atoms with Crippen molar-refractivity contribution in [3.05, 3.63) is 155 Å². The fourth-order valence-electron chi connectivity index (χ4n) is 6.87. The molecule has 52 heavy (non-hydrogen) atoms. The van der Waals surface area contributed by atoms with Crippen molar-refractivity contribution in [1.29, 1.82) is 0 Å². The highest BCUT2D eigenvalue weighted by molar-refractivity contribution is 6.36. The normalized spacial score (nSPS) is 13.5. The first-order chi connectivity index (χ1) is 25.2. The van der Waals surface area contributed by atoms with Gasteiger partial charge in [-0.2, -0.15) is 0 Å². The first kappa shape index (κ1) is 32.4. The molecule has 0 fully saturated rings. The maximum atomic E-state index is 13.7. The number of amides is 4. The van der Waals surface area contributed by atoms with Crippen LogP contribution in [0.2, 0.25) is 0 Å². The minimum Gasteiger partial charge on any atom is -0.496 e. The molecule has 8 nitrogen and oxygen atoms in total. The van der Waals surface area contributed by atoms with E-state index in [-0.39, 0.29) is 0 Å². The van der Waals surface area contributed by atoms with Gasteiger partial charge in [0.1, 0.15) is 11.5 Å². The summed E-state index contributed by atoms with van der Waals surface area (Å²) < 4.78 is 11.5. The number of fused-ring (bicyclic) bond motifs is 2. The number of rotatable bonds is 7. The lowest BCUT2D eigenvalue weighted by Gasteiger charge is -2.20. The third kappa shape index (κ3) is 5.24. The number of carbonyl (C=O) groups is 4. The molecule has 0 aromatic heterocycles. The highest BCUT2D eigenvalue weighted by atomic mass is 16.5. The molecular formula is C44H32N2O6. The van der Waals surface area contributed by atoms with Gasteiger partial charge in [0.25, 0.3) is 23.6 Å². The van der Waals surface area contributed by atoms with Crippen LogP contribution in [0.15, 0.2) is 121 Å². The van der Waals surface area contributed by atoms with Gasteiger partial charge in [0.15, 0.2) is 0 Å². The van der Waals surface area contributed by atoms with Crippen LogP contribution in [0, 0.1) is 13.8 Å². The van der Waals surface area contributed by atoms with Gasteiger partial charge < -0.3 is 9.47 Å². The van der Waals surface area contributed by atoms with Crippen LogP contribution < -0.4 is 19.3 Å². The van der Waals surface area contributed by atoms with Crippen LogP contribution in [-0.2, 0) is 0 Å². The molecule has 0 saturated heterocycles. The Morgan fingerprint density at radius 2 is 0.827 bits per heavy atom. The van der Waals surface area contributed by atoms with E-state index in [1.807, 2.05) is 74.5 Å². The number of anilines is 2. The Kier molecular flexibility index (Phi) is 7.80. The van der Waals surface area contributed by atoms with Crippen LogP contribution in [0.1, 0.15) is 52.6 Å². The summed E-state index contributed by atoms with van der Waals surface area (Å²) in [5.41, 5.74) is 9.17. The molecule has 0 atom stereocenters. The molecule has 2 heterocycles. The summed E-state index contributed by atoms with van der Waals surface area (Å²) in [6.07, 6.45) is 0. The minimum atomic E-state index is -0.436. The second-order valence-electron chi connectivity index (χ2n) is 12.9. The van der Waals surface area contributed by atoms with Crippen molar-refractivity contribution in [1.82, 2.24) is 0 Å². The molecule has 2 aliphatic heterocycles. The van der Waals surface area contributed by atoms with Crippen LogP contribution in [0.5, 0.6) is 11.5 Å². The van der Waals surface area contributed by atoms with E-state index in [0.29, 0.717) is 56.3 Å². The number of imide groups is 2. The predicted molar refractivity (Wildman–Crippen MR) is 200 cm³/mol. The van der Waals surface area contributed by atoms with Crippen LogP contribution in [0.25, 0.3) is 33.4 Å². The highest BCUT2D eigenvalue weighted by Gasteiger charge is 2.39. The zero-order chi connectivity index (χ0) is 36.3. The maximum Gasteiger partial charge on any atom is 0.266 e. The van der Waals surface area contributed by atoms with Crippen LogP contribution in [0.4, 0.5) is 11.4 Å². The number of hydrogen-bond acceptors (Lipinski definition) is 6. The van der Waals surface area contributed by atoms with E-state index in [2.05, 4.69) is 0 Å². The first-order valence-corrected chi connectivity index (χ1v) is 16.7. The summed E-state index contributed by atoms with van der Waals surface area (Å²) in [5, 5.41) is 0. The van der Waals surface area contributed by atoms with Crippen LogP contribution in [-0.4, -0.2) is 37.8 Å². The molecule has 0 aliphatic carbocycles. The molecule has 0 unspecified atom stereocenters. The van der Waals surface area contributed by atoms with Gasteiger partial charge in [-0.15, -0.1) is 0 Å². The first-order valence-electron chi connectivity index (χ1n) is 16.7. The Morgan fingerprint density at radius 1 is 0.385 bits per heavy atom. The monoisotopic (exact) mass is 684 g/mol. The van der Waals surface area contributed by atoms with Gasteiger partial charge in [-0.3, -0.25) is 19.2 Å². The Morgan fingerprint density at radius 3 is 1.37 bits per heavy atom. The fraction of sp³-hybridized carbons (Fsp3) is 0.0909. The standard InChI is InChI=1S/C44H32N2O6/c1-25-5-9-27(10-6-25)29-13-17-34-36(21-29)43(49)45(41(34)47)32-16-19-33(39(24-32)51-3)31-15-20-38(40(23-31)52-4)46-42(48)35-18-14-30(22-37(35)44(46)50)28-11-7-26(2)8-12-28/h5-24H,1-4H3. The van der Waals surface area contributed by atoms with Crippen LogP contribution >= 0.6 is 0 Å². The Labute approximate surface area is 300 Å². The van der Waals surface area contributed by atoms with Gasteiger partial charge in [0.2, 0.25) is 0 Å². The van der Waals surface area contributed by atoms with E-state index in [1.165, 1.54) is 14.2 Å². The second-order valence-corrected chi connectivity index (χ2v) is 12.9. The summed E-state index contributed by atoms with van der Waals surface area (Å²) >= 11 is 0. The summed E-state index contributed by atoms with van der Waals surface area (Å²) in [6, 6.07) is 36.8. The average Bonchev–Trinajstić information content (AvgIpc) is 3.57. The molecule has 8 heteroatoms. The molecule has 8 rings (SSSR count). The number of hydrogen-bond donors (Lipinski definition) is 0. The zero-order valence-corrected chi connectivity index (χ0v) is 28.9. The molecule has 0 saturated carbocycles. The number of aryl methyl sites for hydroxylation is 2. The third-order valence-electron chi connectivity index (χ3n) is 9.72. The Bertz CT molecular complexity index is 2480. The zero-order valence-electron chi connectivity index (χ0n) is 28.9. The minimum absolute atomic E-state index is 0.306. The lowest BCUT2D eigenvalue weighted by Crippen LogP contribution is -2.29. The van der Waals surface area contributed by atoms with Crippen molar-refractivity contribution in [3.8, 4) is 44.9 Å². The largest absolute Gasteiger partial charge is 0.496 e. The van der Waals surface area contributed by atoms with Crippen molar-refractivity contribution in [2.75, 3.05) is 24.0 Å². The topological polar surface area (TPSA) is 93.2 Å². The average molecular weight is 685 g/mol. The molecule has 0 radical (unpaired) electrons. The predicted octanol–water partition coefficient (Wildman–Crippen LogP) is 8.92. The fourth-order valence-corrected chi connectivity index (χ4v) is 6.87. The summed E-state index contributed by atoms with van der Waals surface area (Å²) in [4.78, 5) is 56.8. The Hall–Kier alpha value is -6.80. The lowest BCUT2D eigenvalue weighted by molar-refractivity contribution is 0.0910. The molecule has 6 aromatic rings. The summed E-state index contributed by atoms with van der Waals surface area (Å²) in [7, 11) is 2.98. The number of carbonyl (C=O) groups excluding carboxylic acids is 4. The van der Waals surface area contributed by atoms with E-state index < -0.39 is 23.6 Å². The van der Waals surface area contributed by atoms with Crippen LogP contribution in [0.3, 0.4) is 0 Å². The lowest BCUT2D eigenvalue weighted by atomic mass is 9.99. The van der Waals surface area contributed by atoms with E-state index >= 15 is 0 Å². The molecule has 6 aromatic carbocycles. The molecule has 0 spiro atoms. The van der Waals surface area contributed by atoms with Gasteiger partial charge in [0, 0.05) is 11.6 Å². The highest BCUT2D eigenvalue weighted by Crippen LogP contribution is 2.42.